The van der Waals surface area contributed by atoms with Gasteiger partial charge < -0.3 is 19.7 Å². The maximum atomic E-state index is 12.3. The maximum Gasteiger partial charge on any atom is 0.231 e. The van der Waals surface area contributed by atoms with Gasteiger partial charge >= 0.3 is 0 Å². The lowest BCUT2D eigenvalue weighted by molar-refractivity contribution is -0.122. The van der Waals surface area contributed by atoms with Crippen molar-refractivity contribution >= 4 is 5.91 Å². The highest BCUT2D eigenvalue weighted by atomic mass is 16.7. The number of amides is 1. The zero-order chi connectivity index (χ0) is 14.2. The molecule has 4 aliphatic heterocycles. The molecule has 1 aromatic rings. The Kier molecular flexibility index (Phi) is 3.22. The molecule has 0 spiro atoms. The predicted octanol–water partition coefficient (Wildman–Crippen LogP) is 1.17. The standard InChI is InChI=1S/C16H20N2O3/c19-16(17-13-9-18-5-3-12(13)4-6-18)8-11-1-2-14-15(7-11)21-10-20-14/h1-2,7,12-13H,3-6,8-10H2,(H,17,19)/t13-/m1/s1. The van der Waals surface area contributed by atoms with Gasteiger partial charge in [-0.3, -0.25) is 4.79 Å². The Bertz CT molecular complexity index is 552. The Morgan fingerprint density at radius 3 is 2.81 bits per heavy atom. The van der Waals surface area contributed by atoms with Crippen LogP contribution in [0, 0.1) is 5.92 Å². The van der Waals surface area contributed by atoms with Crippen molar-refractivity contribution in [2.24, 2.45) is 5.92 Å². The summed E-state index contributed by atoms with van der Waals surface area (Å²) in [6, 6.07) is 6.04. The van der Waals surface area contributed by atoms with Gasteiger partial charge in [-0.05, 0) is 49.5 Å². The van der Waals surface area contributed by atoms with Gasteiger partial charge in [0.25, 0.3) is 0 Å². The van der Waals surface area contributed by atoms with Crippen molar-refractivity contribution in [2.45, 2.75) is 25.3 Å². The number of benzene rings is 1. The molecule has 21 heavy (non-hydrogen) atoms. The summed E-state index contributed by atoms with van der Waals surface area (Å²) >= 11 is 0. The van der Waals surface area contributed by atoms with Crippen molar-refractivity contribution < 1.29 is 14.3 Å². The Morgan fingerprint density at radius 2 is 2.05 bits per heavy atom. The number of fused-ring (bicyclic) bond motifs is 4. The molecule has 0 radical (unpaired) electrons. The van der Waals surface area contributed by atoms with Crippen LogP contribution >= 0.6 is 0 Å². The third-order valence-corrected chi connectivity index (χ3v) is 4.80. The molecule has 0 aromatic heterocycles. The van der Waals surface area contributed by atoms with Crippen LogP contribution in [-0.4, -0.2) is 43.3 Å². The van der Waals surface area contributed by atoms with E-state index >= 15 is 0 Å². The molecule has 4 heterocycles. The number of nitrogens with one attached hydrogen (secondary N) is 1. The summed E-state index contributed by atoms with van der Waals surface area (Å²) in [7, 11) is 0. The van der Waals surface area contributed by atoms with Crippen molar-refractivity contribution in [1.82, 2.24) is 10.2 Å². The number of hydrogen-bond acceptors (Lipinski definition) is 4. The minimum Gasteiger partial charge on any atom is -0.454 e. The fourth-order valence-corrected chi connectivity index (χ4v) is 3.62. The molecule has 2 bridgehead atoms. The highest BCUT2D eigenvalue weighted by molar-refractivity contribution is 5.79. The number of rotatable bonds is 3. The highest BCUT2D eigenvalue weighted by Crippen LogP contribution is 2.32. The van der Waals surface area contributed by atoms with Gasteiger partial charge in [0.2, 0.25) is 12.7 Å². The van der Waals surface area contributed by atoms with Crippen LogP contribution in [0.5, 0.6) is 11.5 Å². The van der Waals surface area contributed by atoms with Gasteiger partial charge in [0.15, 0.2) is 11.5 Å². The quantitative estimate of drug-likeness (QED) is 0.907. The Morgan fingerprint density at radius 1 is 1.24 bits per heavy atom. The Hall–Kier alpha value is -1.75. The lowest BCUT2D eigenvalue weighted by atomic mass is 9.84. The minimum atomic E-state index is 0.104. The van der Waals surface area contributed by atoms with Gasteiger partial charge in [0, 0.05) is 12.6 Å². The van der Waals surface area contributed by atoms with Crippen molar-refractivity contribution in [3.63, 3.8) is 0 Å². The van der Waals surface area contributed by atoms with Crippen LogP contribution < -0.4 is 14.8 Å². The number of carbonyl (C=O) groups excluding carboxylic acids is 1. The second-order valence-electron chi connectivity index (χ2n) is 6.18. The summed E-state index contributed by atoms with van der Waals surface area (Å²) in [6.07, 6.45) is 2.84. The van der Waals surface area contributed by atoms with E-state index in [1.807, 2.05) is 18.2 Å². The van der Waals surface area contributed by atoms with E-state index in [4.69, 9.17) is 9.47 Å². The first-order valence-corrected chi connectivity index (χ1v) is 7.68. The molecule has 1 amide bonds. The normalized spacial score (nSPS) is 29.4. The monoisotopic (exact) mass is 288 g/mol. The molecule has 1 atom stereocenters. The lowest BCUT2D eigenvalue weighted by Crippen LogP contribution is -2.57. The molecular weight excluding hydrogens is 268 g/mol. The maximum absolute atomic E-state index is 12.3. The van der Waals surface area contributed by atoms with Gasteiger partial charge in [0.1, 0.15) is 0 Å². The zero-order valence-electron chi connectivity index (χ0n) is 12.0. The van der Waals surface area contributed by atoms with E-state index < -0.39 is 0 Å². The number of hydrogen-bond donors (Lipinski definition) is 1. The molecule has 3 saturated heterocycles. The van der Waals surface area contributed by atoms with Gasteiger partial charge in [-0.2, -0.15) is 0 Å². The van der Waals surface area contributed by atoms with Crippen LogP contribution in [-0.2, 0) is 11.2 Å². The highest BCUT2D eigenvalue weighted by Gasteiger charge is 2.34. The van der Waals surface area contributed by atoms with Crippen LogP contribution in [0.25, 0.3) is 0 Å². The first-order valence-electron chi connectivity index (χ1n) is 7.68. The molecule has 0 saturated carbocycles. The average molecular weight is 288 g/mol. The van der Waals surface area contributed by atoms with Gasteiger partial charge in [-0.25, -0.2) is 0 Å². The van der Waals surface area contributed by atoms with E-state index in [1.165, 1.54) is 25.9 Å². The third kappa shape index (κ3) is 2.58. The van der Waals surface area contributed by atoms with Gasteiger partial charge in [-0.1, -0.05) is 6.07 Å². The van der Waals surface area contributed by atoms with Crippen molar-refractivity contribution in [3.05, 3.63) is 23.8 Å². The summed E-state index contributed by atoms with van der Waals surface area (Å²) < 4.78 is 10.6. The number of nitrogens with zero attached hydrogens (tertiary/aromatic N) is 1. The molecule has 1 aromatic carbocycles. The lowest BCUT2D eigenvalue weighted by Gasteiger charge is -2.44. The van der Waals surface area contributed by atoms with Gasteiger partial charge in [-0.15, -0.1) is 0 Å². The van der Waals surface area contributed by atoms with E-state index in [1.54, 1.807) is 0 Å². The van der Waals surface area contributed by atoms with E-state index in [9.17, 15) is 4.79 Å². The number of carbonyl (C=O) groups is 1. The molecule has 3 fully saturated rings. The van der Waals surface area contributed by atoms with Crippen LogP contribution in [0.1, 0.15) is 18.4 Å². The molecule has 0 unspecified atom stereocenters. The van der Waals surface area contributed by atoms with Crippen LogP contribution in [0.4, 0.5) is 0 Å². The summed E-state index contributed by atoms with van der Waals surface area (Å²) in [4.78, 5) is 14.7. The molecule has 1 N–H and O–H groups in total. The van der Waals surface area contributed by atoms with Crippen LogP contribution in [0.3, 0.4) is 0 Å². The molecule has 5 nitrogen and oxygen atoms in total. The van der Waals surface area contributed by atoms with E-state index in [0.717, 1.165) is 23.6 Å². The third-order valence-electron chi connectivity index (χ3n) is 4.80. The van der Waals surface area contributed by atoms with E-state index in [2.05, 4.69) is 10.2 Å². The fraction of sp³-hybridized carbons (Fsp3) is 0.562. The van der Waals surface area contributed by atoms with Crippen LogP contribution in [0.15, 0.2) is 18.2 Å². The first kappa shape index (κ1) is 13.0. The molecule has 4 aliphatic rings. The second kappa shape index (κ2) is 5.22. The molecular formula is C16H20N2O3. The minimum absolute atomic E-state index is 0.104. The second-order valence-corrected chi connectivity index (χ2v) is 6.18. The predicted molar refractivity (Wildman–Crippen MR) is 77.4 cm³/mol. The Labute approximate surface area is 124 Å². The van der Waals surface area contributed by atoms with Crippen molar-refractivity contribution in [1.29, 1.82) is 0 Å². The van der Waals surface area contributed by atoms with Crippen molar-refractivity contribution in [3.8, 4) is 11.5 Å². The molecule has 0 aliphatic carbocycles. The summed E-state index contributed by atoms with van der Waals surface area (Å²) in [6.45, 7) is 3.67. The zero-order valence-corrected chi connectivity index (χ0v) is 12.0. The van der Waals surface area contributed by atoms with Gasteiger partial charge in [0.05, 0.1) is 6.42 Å². The Balaban J connectivity index is 1.37. The summed E-state index contributed by atoms with van der Waals surface area (Å²) in [5.74, 6) is 2.27. The van der Waals surface area contributed by atoms with E-state index in [-0.39, 0.29) is 12.7 Å². The average Bonchev–Trinajstić information content (AvgIpc) is 2.96. The van der Waals surface area contributed by atoms with Crippen LogP contribution in [0.2, 0.25) is 0 Å². The topological polar surface area (TPSA) is 50.8 Å². The smallest absolute Gasteiger partial charge is 0.231 e. The molecule has 5 heteroatoms. The van der Waals surface area contributed by atoms with E-state index in [0.29, 0.717) is 18.4 Å². The number of ether oxygens (including phenoxy) is 2. The molecule has 5 rings (SSSR count). The first-order chi connectivity index (χ1) is 10.3. The summed E-state index contributed by atoms with van der Waals surface area (Å²) in [5, 5.41) is 3.21. The largest absolute Gasteiger partial charge is 0.454 e. The summed E-state index contributed by atoms with van der Waals surface area (Å²) in [5.41, 5.74) is 0.970. The molecule has 112 valence electrons. The number of piperidine rings is 3. The van der Waals surface area contributed by atoms with Crippen molar-refractivity contribution in [2.75, 3.05) is 26.4 Å². The SMILES string of the molecule is O=C(Cc1ccc2c(c1)OCO2)N[C@@H]1CN2CCC1CC2. The fourth-order valence-electron chi connectivity index (χ4n) is 3.62.